The number of hydrogen-bond acceptors (Lipinski definition) is 4. The molecule has 0 atom stereocenters. The van der Waals surface area contributed by atoms with Crippen LogP contribution in [0.1, 0.15) is 24.0 Å². The van der Waals surface area contributed by atoms with Crippen molar-refractivity contribution in [3.63, 3.8) is 0 Å². The minimum Gasteiger partial charge on any atom is -0.444 e. The average Bonchev–Trinajstić information content (AvgIpc) is 2.68. The smallest absolute Gasteiger partial charge is 0.414 e. The first-order valence-corrected chi connectivity index (χ1v) is 11.4. The minimum absolute atomic E-state index is 0.0864. The van der Waals surface area contributed by atoms with Crippen molar-refractivity contribution in [2.75, 3.05) is 18.0 Å². The number of cyclic esters (lactones) is 1. The van der Waals surface area contributed by atoms with Crippen molar-refractivity contribution in [3.8, 4) is 0 Å². The predicted octanol–water partition coefficient (Wildman–Crippen LogP) is 4.07. The van der Waals surface area contributed by atoms with E-state index in [-0.39, 0.29) is 18.7 Å². The summed E-state index contributed by atoms with van der Waals surface area (Å²) in [5, 5.41) is 0. The van der Waals surface area contributed by atoms with Gasteiger partial charge in [-0.05, 0) is 55.7 Å². The van der Waals surface area contributed by atoms with Crippen LogP contribution in [0.4, 0.5) is 10.5 Å². The van der Waals surface area contributed by atoms with Crippen molar-refractivity contribution in [2.45, 2.75) is 37.3 Å². The summed E-state index contributed by atoms with van der Waals surface area (Å²) >= 11 is 3.45. The fourth-order valence-corrected chi connectivity index (χ4v) is 5.81. The van der Waals surface area contributed by atoms with Crippen molar-refractivity contribution in [1.82, 2.24) is 4.31 Å². The van der Waals surface area contributed by atoms with Gasteiger partial charge < -0.3 is 4.74 Å². The van der Waals surface area contributed by atoms with Gasteiger partial charge in [0, 0.05) is 29.2 Å². The van der Waals surface area contributed by atoms with E-state index in [0.29, 0.717) is 30.8 Å². The Balaban J connectivity index is 1.53. The van der Waals surface area contributed by atoms with Crippen LogP contribution < -0.4 is 4.90 Å². The summed E-state index contributed by atoms with van der Waals surface area (Å²) in [5.41, 5.74) is 2.71. The molecule has 0 spiro atoms. The van der Waals surface area contributed by atoms with Gasteiger partial charge in [0.15, 0.2) is 0 Å². The zero-order valence-electron chi connectivity index (χ0n) is 15.5. The van der Waals surface area contributed by atoms with Crippen LogP contribution in [-0.4, -0.2) is 37.9 Å². The van der Waals surface area contributed by atoms with Crippen molar-refractivity contribution in [1.29, 1.82) is 0 Å². The molecule has 4 rings (SSSR count). The first-order chi connectivity index (χ1) is 13.4. The molecule has 0 aliphatic carbocycles. The number of amides is 1. The lowest BCUT2D eigenvalue weighted by Gasteiger charge is -2.39. The van der Waals surface area contributed by atoms with Crippen LogP contribution in [0.5, 0.6) is 0 Å². The van der Waals surface area contributed by atoms with Gasteiger partial charge in [0.2, 0.25) is 10.0 Å². The Bertz CT molecular complexity index is 1020. The highest BCUT2D eigenvalue weighted by atomic mass is 79.9. The van der Waals surface area contributed by atoms with E-state index >= 15 is 0 Å². The molecule has 0 aromatic heterocycles. The predicted molar refractivity (Wildman–Crippen MR) is 110 cm³/mol. The van der Waals surface area contributed by atoms with Crippen LogP contribution in [0.15, 0.2) is 51.8 Å². The normalized spacial score (nSPS) is 18.6. The molecule has 6 nitrogen and oxygen atoms in total. The number of benzene rings is 2. The number of rotatable bonds is 3. The van der Waals surface area contributed by atoms with E-state index in [1.165, 1.54) is 4.31 Å². The lowest BCUT2D eigenvalue weighted by Crippen LogP contribution is -2.50. The van der Waals surface area contributed by atoms with Crippen molar-refractivity contribution in [3.05, 3.63) is 58.1 Å². The highest BCUT2D eigenvalue weighted by molar-refractivity contribution is 9.10. The van der Waals surface area contributed by atoms with E-state index in [2.05, 4.69) is 15.9 Å². The van der Waals surface area contributed by atoms with Gasteiger partial charge in [-0.1, -0.05) is 28.1 Å². The molecule has 1 fully saturated rings. The number of anilines is 1. The molecular weight excluding hydrogens is 444 g/mol. The van der Waals surface area contributed by atoms with Crippen LogP contribution in [0.3, 0.4) is 0 Å². The van der Waals surface area contributed by atoms with Gasteiger partial charge in [-0.25, -0.2) is 13.2 Å². The molecule has 8 heteroatoms. The van der Waals surface area contributed by atoms with E-state index in [9.17, 15) is 13.2 Å². The zero-order chi connectivity index (χ0) is 19.9. The maximum absolute atomic E-state index is 12.9. The number of hydrogen-bond donors (Lipinski definition) is 0. The number of halogens is 1. The second kappa shape index (κ2) is 7.50. The standard InChI is InChI=1S/C20H21BrN2O4S/c1-14-3-2-4-18(11-14)28(25,26)22-9-7-17(8-10-22)23-19-6-5-16(21)12-15(19)13-27-20(23)24/h2-6,11-12,17H,7-10,13H2,1H3. The van der Waals surface area contributed by atoms with E-state index in [1.807, 2.05) is 31.2 Å². The van der Waals surface area contributed by atoms with Crippen molar-refractivity contribution < 1.29 is 17.9 Å². The highest BCUT2D eigenvalue weighted by Gasteiger charge is 2.37. The maximum atomic E-state index is 12.9. The van der Waals surface area contributed by atoms with Crippen molar-refractivity contribution >= 4 is 37.7 Å². The third kappa shape index (κ3) is 3.56. The summed E-state index contributed by atoms with van der Waals surface area (Å²) in [6.07, 6.45) is 0.764. The number of fused-ring (bicyclic) bond motifs is 1. The van der Waals surface area contributed by atoms with Crippen LogP contribution >= 0.6 is 15.9 Å². The first kappa shape index (κ1) is 19.4. The van der Waals surface area contributed by atoms with E-state index < -0.39 is 10.0 Å². The molecule has 148 valence electrons. The maximum Gasteiger partial charge on any atom is 0.414 e. The molecule has 0 radical (unpaired) electrons. The molecule has 0 saturated carbocycles. The summed E-state index contributed by atoms with van der Waals surface area (Å²) in [4.78, 5) is 14.4. The average molecular weight is 465 g/mol. The Morgan fingerprint density at radius 3 is 2.57 bits per heavy atom. The lowest BCUT2D eigenvalue weighted by molar-refractivity contribution is 0.135. The Morgan fingerprint density at radius 1 is 1.11 bits per heavy atom. The number of sulfonamides is 1. The minimum atomic E-state index is -3.53. The Kier molecular flexibility index (Phi) is 5.20. The molecule has 28 heavy (non-hydrogen) atoms. The number of ether oxygens (including phenoxy) is 1. The molecule has 2 aromatic carbocycles. The van der Waals surface area contributed by atoms with Crippen LogP contribution in [0, 0.1) is 6.92 Å². The van der Waals surface area contributed by atoms with Gasteiger partial charge >= 0.3 is 6.09 Å². The molecule has 1 saturated heterocycles. The molecule has 2 heterocycles. The van der Waals surface area contributed by atoms with Gasteiger partial charge in [0.05, 0.1) is 10.6 Å². The molecule has 0 unspecified atom stereocenters. The third-order valence-electron chi connectivity index (χ3n) is 5.26. The van der Waals surface area contributed by atoms with E-state index in [0.717, 1.165) is 21.3 Å². The van der Waals surface area contributed by atoms with Gasteiger partial charge in [-0.3, -0.25) is 4.90 Å². The molecule has 0 N–H and O–H groups in total. The molecule has 2 aliphatic rings. The topological polar surface area (TPSA) is 66.9 Å². The number of nitrogens with zero attached hydrogens (tertiary/aromatic N) is 2. The number of carbonyl (C=O) groups is 1. The lowest BCUT2D eigenvalue weighted by atomic mass is 10.0. The summed E-state index contributed by atoms with van der Waals surface area (Å²) in [5.74, 6) is 0. The number of aryl methyl sites for hydroxylation is 1. The van der Waals surface area contributed by atoms with Gasteiger partial charge in [0.25, 0.3) is 0 Å². The Morgan fingerprint density at radius 2 is 1.86 bits per heavy atom. The summed E-state index contributed by atoms with van der Waals surface area (Å²) in [7, 11) is -3.53. The second-order valence-electron chi connectivity index (χ2n) is 7.15. The van der Waals surface area contributed by atoms with Crippen LogP contribution in [0.25, 0.3) is 0 Å². The highest BCUT2D eigenvalue weighted by Crippen LogP contribution is 2.34. The summed E-state index contributed by atoms with van der Waals surface area (Å²) < 4.78 is 33.7. The largest absolute Gasteiger partial charge is 0.444 e. The van der Waals surface area contributed by atoms with Gasteiger partial charge in [-0.2, -0.15) is 4.31 Å². The number of carbonyl (C=O) groups excluding carboxylic acids is 1. The monoisotopic (exact) mass is 464 g/mol. The van der Waals surface area contributed by atoms with Crippen molar-refractivity contribution in [2.24, 2.45) is 0 Å². The third-order valence-corrected chi connectivity index (χ3v) is 7.65. The van der Waals surface area contributed by atoms with Gasteiger partial charge in [0.1, 0.15) is 6.61 Å². The van der Waals surface area contributed by atoms with E-state index in [1.54, 1.807) is 23.1 Å². The van der Waals surface area contributed by atoms with Crippen LogP contribution in [-0.2, 0) is 21.4 Å². The Hall–Kier alpha value is -1.90. The summed E-state index contributed by atoms with van der Waals surface area (Å²) in [6.45, 7) is 2.88. The zero-order valence-corrected chi connectivity index (χ0v) is 17.9. The second-order valence-corrected chi connectivity index (χ2v) is 10.0. The molecule has 2 aromatic rings. The number of piperidine rings is 1. The van der Waals surface area contributed by atoms with E-state index in [4.69, 9.17) is 4.74 Å². The Labute approximate surface area is 173 Å². The molecule has 2 aliphatic heterocycles. The van der Waals surface area contributed by atoms with Crippen LogP contribution in [0.2, 0.25) is 0 Å². The quantitative estimate of drug-likeness (QED) is 0.686. The molecular formula is C20H21BrN2O4S. The fraction of sp³-hybridized carbons (Fsp3) is 0.350. The first-order valence-electron chi connectivity index (χ1n) is 9.17. The molecule has 0 bridgehead atoms. The SMILES string of the molecule is Cc1cccc(S(=O)(=O)N2CCC(N3C(=O)OCc4cc(Br)ccc43)CC2)c1. The summed E-state index contributed by atoms with van der Waals surface area (Å²) in [6, 6.07) is 12.6. The van der Waals surface area contributed by atoms with Gasteiger partial charge in [-0.15, -0.1) is 0 Å². The molecule has 1 amide bonds. The fourth-order valence-electron chi connectivity index (χ4n) is 3.82.